The number of aliphatic hydroxyl groups is 1. The van der Waals surface area contributed by atoms with Crippen molar-refractivity contribution < 1.29 is 13.5 Å². The van der Waals surface area contributed by atoms with Crippen LogP contribution in [0.25, 0.3) is 11.3 Å². The van der Waals surface area contributed by atoms with Crippen LogP contribution in [0, 0.1) is 11.3 Å². The summed E-state index contributed by atoms with van der Waals surface area (Å²) in [5, 5.41) is 11.3. The van der Waals surface area contributed by atoms with E-state index in [1.165, 1.54) is 11.1 Å². The van der Waals surface area contributed by atoms with Gasteiger partial charge >= 0.3 is 0 Å². The summed E-state index contributed by atoms with van der Waals surface area (Å²) in [5.74, 6) is 0.542. The second-order valence-electron chi connectivity index (χ2n) is 7.88. The van der Waals surface area contributed by atoms with Crippen molar-refractivity contribution in [3.63, 3.8) is 0 Å². The van der Waals surface area contributed by atoms with Gasteiger partial charge in [0.2, 0.25) is 0 Å². The van der Waals surface area contributed by atoms with E-state index in [4.69, 9.17) is 0 Å². The molecule has 1 aromatic carbocycles. The number of imidazole rings is 1. The van der Waals surface area contributed by atoms with Crippen LogP contribution in [0.15, 0.2) is 36.8 Å². The van der Waals surface area contributed by atoms with E-state index in [2.05, 4.69) is 27.8 Å². The molecule has 1 saturated heterocycles. The van der Waals surface area contributed by atoms with Crippen LogP contribution in [0.1, 0.15) is 37.3 Å². The van der Waals surface area contributed by atoms with Crippen LogP contribution >= 0.6 is 0 Å². The topological polar surface area (TPSA) is 72.2 Å². The summed E-state index contributed by atoms with van der Waals surface area (Å²) in [6, 6.07) is 8.46. The summed E-state index contributed by atoms with van der Waals surface area (Å²) >= 11 is 0. The molecule has 0 bridgehead atoms. The lowest BCUT2D eigenvalue weighted by molar-refractivity contribution is 0.00754. The van der Waals surface area contributed by atoms with Crippen molar-refractivity contribution in [3.05, 3.63) is 42.4 Å². The van der Waals surface area contributed by atoms with Crippen molar-refractivity contribution >= 4 is 9.84 Å². The van der Waals surface area contributed by atoms with Crippen LogP contribution < -0.4 is 0 Å². The van der Waals surface area contributed by atoms with Gasteiger partial charge in [0.25, 0.3) is 0 Å². The van der Waals surface area contributed by atoms with Crippen molar-refractivity contribution in [2.24, 2.45) is 11.3 Å². The molecule has 5 nitrogen and oxygen atoms in total. The van der Waals surface area contributed by atoms with E-state index in [0.717, 1.165) is 18.5 Å². The monoisotopic (exact) mass is 358 g/mol. The van der Waals surface area contributed by atoms with Crippen LogP contribution in [0.2, 0.25) is 0 Å². The molecule has 3 atom stereocenters. The van der Waals surface area contributed by atoms with E-state index in [-0.39, 0.29) is 28.9 Å². The number of rotatable bonds is 1. The molecule has 3 aliphatic rings. The zero-order chi connectivity index (χ0) is 17.2. The van der Waals surface area contributed by atoms with Gasteiger partial charge in [-0.25, -0.2) is 13.4 Å². The minimum atomic E-state index is -2.92. The third-order valence-corrected chi connectivity index (χ3v) is 8.41. The van der Waals surface area contributed by atoms with E-state index < -0.39 is 15.9 Å². The Morgan fingerprint density at radius 2 is 1.92 bits per heavy atom. The molecule has 1 aliphatic carbocycles. The average Bonchev–Trinajstić information content (AvgIpc) is 3.26. The SMILES string of the molecule is O=S1(=O)CCC2(CC[C@H](C3c4ccccc4-c4cncn43)[C@@H]2O)CC1. The standard InChI is InChI=1S/C19H22N2O3S/c22-18-15(5-6-19(18)7-9-25(23,24)10-8-19)17-14-4-2-1-3-13(14)16-11-20-12-21(16)17/h1-4,11-12,15,17-18,22H,5-10H2/t15-,17?,18+/m1/s1. The summed E-state index contributed by atoms with van der Waals surface area (Å²) in [7, 11) is -2.92. The largest absolute Gasteiger partial charge is 0.392 e. The highest BCUT2D eigenvalue weighted by Gasteiger charge is 2.53. The third-order valence-electron chi connectivity index (χ3n) is 6.76. The number of benzene rings is 1. The van der Waals surface area contributed by atoms with Gasteiger partial charge in [-0.1, -0.05) is 24.3 Å². The van der Waals surface area contributed by atoms with Crippen molar-refractivity contribution in [2.45, 2.75) is 37.8 Å². The lowest BCUT2D eigenvalue weighted by Crippen LogP contribution is -2.42. The number of aliphatic hydroxyl groups excluding tert-OH is 1. The Morgan fingerprint density at radius 3 is 2.72 bits per heavy atom. The minimum Gasteiger partial charge on any atom is -0.392 e. The first-order valence-electron chi connectivity index (χ1n) is 9.00. The van der Waals surface area contributed by atoms with E-state index in [0.29, 0.717) is 12.8 Å². The lowest BCUT2D eigenvalue weighted by Gasteiger charge is -2.38. The highest BCUT2D eigenvalue weighted by atomic mass is 32.2. The number of fused-ring (bicyclic) bond motifs is 3. The van der Waals surface area contributed by atoms with Gasteiger partial charge in [0.1, 0.15) is 9.84 Å². The molecule has 5 rings (SSSR count). The Balaban J connectivity index is 1.51. The van der Waals surface area contributed by atoms with E-state index >= 15 is 0 Å². The fourth-order valence-electron chi connectivity index (χ4n) is 5.34. The second kappa shape index (κ2) is 5.17. The summed E-state index contributed by atoms with van der Waals surface area (Å²) in [6.07, 6.45) is 6.33. The Bertz CT molecular complexity index is 920. The molecule has 25 heavy (non-hydrogen) atoms. The predicted octanol–water partition coefficient (Wildman–Crippen LogP) is 2.42. The molecule has 132 valence electrons. The van der Waals surface area contributed by atoms with Gasteiger partial charge in [-0.15, -0.1) is 0 Å². The maximum absolute atomic E-state index is 11.8. The van der Waals surface area contributed by atoms with Crippen LogP contribution in [0.3, 0.4) is 0 Å². The quantitative estimate of drug-likeness (QED) is 0.850. The minimum absolute atomic E-state index is 0.0987. The van der Waals surface area contributed by atoms with Gasteiger partial charge in [0.05, 0.1) is 41.9 Å². The Labute approximate surface area is 147 Å². The number of sulfone groups is 1. The molecular weight excluding hydrogens is 336 g/mol. The number of aromatic nitrogens is 2. The number of hydrogen-bond acceptors (Lipinski definition) is 4. The molecule has 6 heteroatoms. The van der Waals surface area contributed by atoms with E-state index in [9.17, 15) is 13.5 Å². The fraction of sp³-hybridized carbons (Fsp3) is 0.526. The van der Waals surface area contributed by atoms with Crippen LogP contribution in [0.4, 0.5) is 0 Å². The zero-order valence-corrected chi connectivity index (χ0v) is 14.8. The fourth-order valence-corrected chi connectivity index (χ4v) is 6.98. The van der Waals surface area contributed by atoms with Crippen molar-refractivity contribution in [1.29, 1.82) is 0 Å². The summed E-state index contributed by atoms with van der Waals surface area (Å²) in [5.41, 5.74) is 3.34. The first-order valence-corrected chi connectivity index (χ1v) is 10.8. The zero-order valence-electron chi connectivity index (χ0n) is 14.0. The molecule has 1 spiro atoms. The molecule has 2 aromatic rings. The molecule has 1 N–H and O–H groups in total. The number of hydrogen-bond donors (Lipinski definition) is 1. The maximum atomic E-state index is 11.8. The molecule has 1 aromatic heterocycles. The highest BCUT2D eigenvalue weighted by Crippen LogP contribution is 2.56. The maximum Gasteiger partial charge on any atom is 0.150 e. The van der Waals surface area contributed by atoms with Gasteiger partial charge in [0.15, 0.2) is 0 Å². The molecule has 0 amide bonds. The predicted molar refractivity (Wildman–Crippen MR) is 94.9 cm³/mol. The van der Waals surface area contributed by atoms with Gasteiger partial charge in [-0.2, -0.15) is 0 Å². The van der Waals surface area contributed by atoms with E-state index in [1.807, 2.05) is 18.6 Å². The first-order chi connectivity index (χ1) is 12.0. The molecule has 0 radical (unpaired) electrons. The van der Waals surface area contributed by atoms with Gasteiger partial charge in [-0.05, 0) is 36.7 Å². The molecule has 1 saturated carbocycles. The summed E-state index contributed by atoms with van der Waals surface area (Å²) < 4.78 is 25.9. The van der Waals surface area contributed by atoms with Gasteiger partial charge in [0, 0.05) is 11.5 Å². The number of nitrogens with zero attached hydrogens (tertiary/aromatic N) is 2. The van der Waals surface area contributed by atoms with Crippen LogP contribution in [-0.4, -0.2) is 40.7 Å². The first kappa shape index (κ1) is 15.6. The normalized spacial score (nSPS) is 31.8. The smallest absolute Gasteiger partial charge is 0.150 e. The van der Waals surface area contributed by atoms with Crippen LogP contribution in [0.5, 0.6) is 0 Å². The molecule has 2 aliphatic heterocycles. The third kappa shape index (κ3) is 2.16. The Hall–Kier alpha value is -1.66. The van der Waals surface area contributed by atoms with Gasteiger partial charge < -0.3 is 9.67 Å². The highest BCUT2D eigenvalue weighted by molar-refractivity contribution is 7.91. The van der Waals surface area contributed by atoms with Crippen molar-refractivity contribution in [1.82, 2.24) is 9.55 Å². The Morgan fingerprint density at radius 1 is 1.16 bits per heavy atom. The average molecular weight is 358 g/mol. The molecule has 1 unspecified atom stereocenters. The lowest BCUT2D eigenvalue weighted by atomic mass is 9.76. The van der Waals surface area contributed by atoms with Crippen LogP contribution in [-0.2, 0) is 9.84 Å². The van der Waals surface area contributed by atoms with E-state index in [1.54, 1.807) is 0 Å². The second-order valence-corrected chi connectivity index (χ2v) is 10.2. The molecule has 2 fully saturated rings. The molecular formula is C19H22N2O3S. The molecule has 3 heterocycles. The summed E-state index contributed by atoms with van der Waals surface area (Å²) in [4.78, 5) is 4.31. The van der Waals surface area contributed by atoms with Crippen molar-refractivity contribution in [2.75, 3.05) is 11.5 Å². The Kier molecular flexibility index (Phi) is 3.23. The van der Waals surface area contributed by atoms with Crippen molar-refractivity contribution in [3.8, 4) is 11.3 Å². The summed E-state index contributed by atoms with van der Waals surface area (Å²) in [6.45, 7) is 0. The van der Waals surface area contributed by atoms with Gasteiger partial charge in [-0.3, -0.25) is 0 Å².